The average Bonchev–Trinajstić information content (AvgIpc) is 3.23. The van der Waals surface area contributed by atoms with E-state index in [9.17, 15) is 5.11 Å². The van der Waals surface area contributed by atoms with Crippen LogP contribution in [0.4, 0.5) is 0 Å². The molecular formula is C21H31Cl2NO2. The number of piperidine rings is 3. The molecule has 1 saturated carbocycles. The van der Waals surface area contributed by atoms with Crippen LogP contribution < -0.4 is 12.4 Å². The molecule has 5 rings (SSSR count). The molecule has 1 N–H and O–H groups in total. The quantitative estimate of drug-likeness (QED) is 0.437. The fourth-order valence-electron chi connectivity index (χ4n) is 5.38. The van der Waals surface area contributed by atoms with Gasteiger partial charge in [0, 0.05) is 18.8 Å². The second-order valence-electron chi connectivity index (χ2n) is 8.55. The number of alkyl halides is 1. The molecule has 0 spiro atoms. The summed E-state index contributed by atoms with van der Waals surface area (Å²) in [5, 5.41) is 11.6. The summed E-state index contributed by atoms with van der Waals surface area (Å²) < 4.78 is 7.45. The van der Waals surface area contributed by atoms with Gasteiger partial charge in [0.25, 0.3) is 0 Å². The Morgan fingerprint density at radius 3 is 2.35 bits per heavy atom. The SMILES string of the molecule is OC(COC1C[N+]2(CCl)CCC1CC2)(c1ccccc1)C1CCCC1.[Cl-]. The van der Waals surface area contributed by atoms with Crippen molar-refractivity contribution in [3.05, 3.63) is 35.9 Å². The third-order valence-electron chi connectivity index (χ3n) is 7.12. The molecule has 5 heteroatoms. The Morgan fingerprint density at radius 2 is 1.73 bits per heavy atom. The number of nitrogens with zero attached hydrogens (tertiary/aromatic N) is 1. The van der Waals surface area contributed by atoms with E-state index in [1.54, 1.807) is 0 Å². The lowest BCUT2D eigenvalue weighted by Crippen LogP contribution is -3.00. The van der Waals surface area contributed by atoms with Gasteiger partial charge in [-0.15, -0.1) is 0 Å². The number of hydrogen-bond acceptors (Lipinski definition) is 2. The van der Waals surface area contributed by atoms with Crippen LogP contribution in [0.2, 0.25) is 0 Å². The zero-order valence-corrected chi connectivity index (χ0v) is 17.0. The van der Waals surface area contributed by atoms with Crippen LogP contribution in [-0.2, 0) is 10.3 Å². The summed E-state index contributed by atoms with van der Waals surface area (Å²) >= 11 is 6.28. The minimum Gasteiger partial charge on any atom is -1.00 e. The number of ether oxygens (including phenoxy) is 1. The summed E-state index contributed by atoms with van der Waals surface area (Å²) in [5.41, 5.74) is 0.166. The highest BCUT2D eigenvalue weighted by molar-refractivity contribution is 6.17. The first-order valence-electron chi connectivity index (χ1n) is 9.96. The topological polar surface area (TPSA) is 29.5 Å². The van der Waals surface area contributed by atoms with E-state index in [0.29, 0.717) is 24.4 Å². The van der Waals surface area contributed by atoms with Crippen molar-refractivity contribution in [3.63, 3.8) is 0 Å². The Morgan fingerprint density at radius 1 is 1.08 bits per heavy atom. The Hall–Kier alpha value is -0.320. The largest absolute Gasteiger partial charge is 1.00 e. The number of benzene rings is 1. The van der Waals surface area contributed by atoms with Crippen molar-refractivity contribution in [1.82, 2.24) is 0 Å². The molecule has 0 radical (unpaired) electrons. The standard InChI is InChI=1S/C21H31ClNO2.ClH/c22-16-23-12-10-17(11-13-23)20(14-23)25-15-21(24,19-8-4-5-9-19)18-6-2-1-3-7-18;/h1-3,6-7,17,19-20,24H,4-5,8-16H2;1H/q+1;/p-1. The lowest BCUT2D eigenvalue weighted by Gasteiger charge is -2.51. The number of quaternary nitrogens is 1. The fourth-order valence-corrected chi connectivity index (χ4v) is 5.72. The molecule has 0 amide bonds. The highest BCUT2D eigenvalue weighted by Gasteiger charge is 2.48. The third-order valence-corrected chi connectivity index (χ3v) is 7.62. The molecular weight excluding hydrogens is 369 g/mol. The van der Waals surface area contributed by atoms with Crippen LogP contribution in [0.1, 0.15) is 44.1 Å². The first-order valence-corrected chi connectivity index (χ1v) is 10.5. The second-order valence-corrected chi connectivity index (χ2v) is 8.79. The summed E-state index contributed by atoms with van der Waals surface area (Å²) in [6.07, 6.45) is 7.32. The molecule has 3 nitrogen and oxygen atoms in total. The molecule has 2 unspecified atom stereocenters. The maximum atomic E-state index is 11.6. The molecule has 4 fully saturated rings. The number of fused-ring (bicyclic) bond motifs is 3. The number of rotatable bonds is 6. The van der Waals surface area contributed by atoms with Crippen LogP contribution in [-0.4, -0.2) is 47.9 Å². The molecule has 0 aromatic heterocycles. The summed E-state index contributed by atoms with van der Waals surface area (Å²) in [6, 6.07) is 10.9. The van der Waals surface area contributed by atoms with Gasteiger partial charge in [-0.2, -0.15) is 0 Å². The number of halogens is 2. The molecule has 146 valence electrons. The van der Waals surface area contributed by atoms with E-state index in [0.717, 1.165) is 29.4 Å². The maximum Gasteiger partial charge on any atom is 0.155 e. The van der Waals surface area contributed by atoms with Crippen molar-refractivity contribution < 1.29 is 26.7 Å². The molecule has 1 aromatic rings. The normalized spacial score (nSPS) is 33.6. The molecule has 2 bridgehead atoms. The summed E-state index contributed by atoms with van der Waals surface area (Å²) in [5.74, 6) is 0.957. The van der Waals surface area contributed by atoms with Crippen molar-refractivity contribution in [2.75, 3.05) is 32.2 Å². The summed E-state index contributed by atoms with van der Waals surface area (Å²) in [7, 11) is 0. The van der Waals surface area contributed by atoms with Crippen LogP contribution in [0.15, 0.2) is 30.3 Å². The third kappa shape index (κ3) is 3.79. The van der Waals surface area contributed by atoms with Gasteiger partial charge >= 0.3 is 0 Å². The van der Waals surface area contributed by atoms with E-state index in [1.165, 1.54) is 38.8 Å². The molecule has 3 aliphatic heterocycles. The minimum absolute atomic E-state index is 0. The lowest BCUT2D eigenvalue weighted by atomic mass is 9.80. The van der Waals surface area contributed by atoms with Crippen LogP contribution in [0.5, 0.6) is 0 Å². The van der Waals surface area contributed by atoms with Gasteiger partial charge < -0.3 is 26.7 Å². The first-order chi connectivity index (χ1) is 12.2. The van der Waals surface area contributed by atoms with Crippen LogP contribution in [0.3, 0.4) is 0 Å². The summed E-state index contributed by atoms with van der Waals surface area (Å²) in [4.78, 5) is 0. The van der Waals surface area contributed by atoms with Crippen LogP contribution in [0, 0.1) is 11.8 Å². The Balaban J connectivity index is 0.00000196. The molecule has 1 aliphatic carbocycles. The second kappa shape index (κ2) is 8.36. The fraction of sp³-hybridized carbons (Fsp3) is 0.714. The lowest BCUT2D eigenvalue weighted by molar-refractivity contribution is -0.936. The Bertz CT molecular complexity index is 571. The smallest absolute Gasteiger partial charge is 0.155 e. The van der Waals surface area contributed by atoms with E-state index in [4.69, 9.17) is 16.3 Å². The Labute approximate surface area is 168 Å². The molecule has 3 heterocycles. The molecule has 26 heavy (non-hydrogen) atoms. The highest BCUT2D eigenvalue weighted by atomic mass is 35.5. The van der Waals surface area contributed by atoms with E-state index in [1.807, 2.05) is 18.2 Å². The van der Waals surface area contributed by atoms with Gasteiger partial charge in [-0.1, -0.05) is 54.8 Å². The number of hydrogen-bond donors (Lipinski definition) is 1. The average molecular weight is 400 g/mol. The molecule has 1 aromatic carbocycles. The Kier molecular flexibility index (Phi) is 6.57. The first kappa shape index (κ1) is 20.4. The van der Waals surface area contributed by atoms with Gasteiger partial charge in [0.1, 0.15) is 18.2 Å². The zero-order valence-electron chi connectivity index (χ0n) is 15.5. The van der Waals surface area contributed by atoms with Crippen LogP contribution in [0.25, 0.3) is 0 Å². The van der Waals surface area contributed by atoms with E-state index in [2.05, 4.69) is 12.1 Å². The maximum absolute atomic E-state index is 11.6. The van der Waals surface area contributed by atoms with Gasteiger partial charge in [-0.3, -0.25) is 0 Å². The minimum atomic E-state index is -0.852. The van der Waals surface area contributed by atoms with Gasteiger partial charge in [0.15, 0.2) is 6.00 Å². The predicted molar refractivity (Wildman–Crippen MR) is 100 cm³/mol. The zero-order chi connectivity index (χ0) is 17.3. The van der Waals surface area contributed by atoms with E-state index < -0.39 is 5.60 Å². The summed E-state index contributed by atoms with van der Waals surface area (Å²) in [6.45, 7) is 3.83. The van der Waals surface area contributed by atoms with Gasteiger partial charge in [-0.05, 0) is 24.3 Å². The van der Waals surface area contributed by atoms with Gasteiger partial charge in [-0.25, -0.2) is 0 Å². The van der Waals surface area contributed by atoms with E-state index >= 15 is 0 Å². The van der Waals surface area contributed by atoms with Crippen molar-refractivity contribution in [1.29, 1.82) is 0 Å². The number of aliphatic hydroxyl groups is 1. The molecule has 2 atom stereocenters. The van der Waals surface area contributed by atoms with Crippen molar-refractivity contribution in [3.8, 4) is 0 Å². The van der Waals surface area contributed by atoms with Crippen molar-refractivity contribution >= 4 is 11.6 Å². The van der Waals surface area contributed by atoms with Crippen molar-refractivity contribution in [2.45, 2.75) is 50.2 Å². The molecule has 3 saturated heterocycles. The molecule has 4 aliphatic rings. The monoisotopic (exact) mass is 399 g/mol. The van der Waals surface area contributed by atoms with Gasteiger partial charge in [0.05, 0.1) is 19.7 Å². The van der Waals surface area contributed by atoms with Gasteiger partial charge in [0.2, 0.25) is 0 Å². The van der Waals surface area contributed by atoms with Crippen molar-refractivity contribution in [2.24, 2.45) is 11.8 Å². The highest BCUT2D eigenvalue weighted by Crippen LogP contribution is 2.42. The van der Waals surface area contributed by atoms with E-state index in [-0.39, 0.29) is 18.5 Å². The predicted octanol–water partition coefficient (Wildman–Crippen LogP) is 0.890. The van der Waals surface area contributed by atoms with Crippen LogP contribution >= 0.6 is 11.6 Å².